The maximum absolute atomic E-state index is 14.7. The van der Waals surface area contributed by atoms with Gasteiger partial charge in [0.2, 0.25) is 0 Å². The summed E-state index contributed by atoms with van der Waals surface area (Å²) in [7, 11) is 0. The molecule has 10 heteroatoms. The summed E-state index contributed by atoms with van der Waals surface area (Å²) in [6.07, 6.45) is 1.48. The van der Waals surface area contributed by atoms with E-state index in [-0.39, 0.29) is 28.0 Å². The fraction of sp³-hybridized carbons (Fsp3) is 0.0833. The lowest BCUT2D eigenvalue weighted by Gasteiger charge is -2.11. The molecule has 0 fully saturated rings. The van der Waals surface area contributed by atoms with Crippen molar-refractivity contribution in [1.29, 1.82) is 0 Å². The zero-order chi connectivity index (χ0) is 24.0. The van der Waals surface area contributed by atoms with Gasteiger partial charge >= 0.3 is 0 Å². The van der Waals surface area contributed by atoms with Crippen LogP contribution >= 0.6 is 15.9 Å². The molecule has 0 aliphatic rings. The van der Waals surface area contributed by atoms with Crippen LogP contribution in [-0.2, 0) is 0 Å². The van der Waals surface area contributed by atoms with Crippen molar-refractivity contribution >= 4 is 26.8 Å². The van der Waals surface area contributed by atoms with E-state index < -0.39 is 34.9 Å². The standard InChI is InChI=1S/C24H15BrF4N4O/c1-11(13-3-2-4-16(25)20(13)28)23-31-24(33-32-23)15-9-12(5-6-17(15)26)34-22-18(27)10-19-14(21(22)29)7-8-30-19/h2-11,30H,1H3,(H,31,32,33). The van der Waals surface area contributed by atoms with Gasteiger partial charge in [0.1, 0.15) is 23.2 Å². The normalized spacial score (nSPS) is 12.3. The van der Waals surface area contributed by atoms with Crippen LogP contribution < -0.4 is 4.74 Å². The molecule has 0 amide bonds. The second-order valence-corrected chi connectivity index (χ2v) is 8.45. The van der Waals surface area contributed by atoms with Gasteiger partial charge in [0.15, 0.2) is 23.2 Å². The number of H-pyrrole nitrogens is 2. The highest BCUT2D eigenvalue weighted by molar-refractivity contribution is 9.10. The molecule has 3 aromatic carbocycles. The number of halogens is 5. The first-order chi connectivity index (χ1) is 16.3. The van der Waals surface area contributed by atoms with Crippen molar-refractivity contribution in [1.82, 2.24) is 20.2 Å². The minimum atomic E-state index is -0.914. The average Bonchev–Trinajstić information content (AvgIpc) is 3.49. The molecule has 1 atom stereocenters. The number of aromatic nitrogens is 4. The number of hydrogen-bond donors (Lipinski definition) is 2. The minimum absolute atomic E-state index is 0.0118. The Morgan fingerprint density at radius 2 is 1.79 bits per heavy atom. The van der Waals surface area contributed by atoms with Crippen molar-refractivity contribution in [3.63, 3.8) is 0 Å². The molecule has 5 rings (SSSR count). The van der Waals surface area contributed by atoms with Crippen molar-refractivity contribution in [2.75, 3.05) is 0 Å². The smallest absolute Gasteiger partial charge is 0.199 e. The van der Waals surface area contributed by atoms with Crippen molar-refractivity contribution in [3.05, 3.63) is 93.9 Å². The quantitative estimate of drug-likeness (QED) is 0.236. The second-order valence-electron chi connectivity index (χ2n) is 7.59. The monoisotopic (exact) mass is 530 g/mol. The van der Waals surface area contributed by atoms with Crippen LogP contribution in [0.3, 0.4) is 0 Å². The number of ether oxygens (including phenoxy) is 1. The number of nitrogens with zero attached hydrogens (tertiary/aromatic N) is 2. The molecule has 0 aliphatic heterocycles. The predicted octanol–water partition coefficient (Wildman–Crippen LogP) is 7.22. The summed E-state index contributed by atoms with van der Waals surface area (Å²) in [6.45, 7) is 1.73. The van der Waals surface area contributed by atoms with Crippen molar-refractivity contribution in [3.8, 4) is 22.9 Å². The maximum atomic E-state index is 14.7. The molecule has 172 valence electrons. The highest BCUT2D eigenvalue weighted by Gasteiger charge is 2.21. The third-order valence-corrected chi connectivity index (χ3v) is 6.07. The van der Waals surface area contributed by atoms with Crippen LogP contribution in [0.25, 0.3) is 22.3 Å². The maximum Gasteiger partial charge on any atom is 0.199 e. The van der Waals surface area contributed by atoms with Crippen LogP contribution in [-0.4, -0.2) is 20.2 Å². The van der Waals surface area contributed by atoms with Crippen molar-refractivity contribution < 1.29 is 22.3 Å². The van der Waals surface area contributed by atoms with E-state index in [9.17, 15) is 17.6 Å². The van der Waals surface area contributed by atoms with Gasteiger partial charge in [0.05, 0.1) is 15.6 Å². The van der Waals surface area contributed by atoms with Gasteiger partial charge in [-0.3, -0.25) is 5.10 Å². The Labute approximate surface area is 198 Å². The Kier molecular flexibility index (Phi) is 5.60. The molecule has 1 unspecified atom stereocenters. The summed E-state index contributed by atoms with van der Waals surface area (Å²) >= 11 is 3.15. The van der Waals surface area contributed by atoms with Crippen molar-refractivity contribution in [2.24, 2.45) is 0 Å². The molecule has 34 heavy (non-hydrogen) atoms. The Balaban J connectivity index is 1.48. The summed E-state index contributed by atoms with van der Waals surface area (Å²) in [4.78, 5) is 7.04. The van der Waals surface area contributed by atoms with Gasteiger partial charge in [-0.25, -0.2) is 22.5 Å². The van der Waals surface area contributed by atoms with Crippen LogP contribution in [0.15, 0.2) is 59.2 Å². The Bertz CT molecular complexity index is 1530. The molecule has 5 nitrogen and oxygen atoms in total. The predicted molar refractivity (Wildman–Crippen MR) is 122 cm³/mol. The van der Waals surface area contributed by atoms with Crippen LogP contribution in [0.1, 0.15) is 24.2 Å². The highest BCUT2D eigenvalue weighted by Crippen LogP contribution is 2.35. The fourth-order valence-electron chi connectivity index (χ4n) is 3.65. The summed E-state index contributed by atoms with van der Waals surface area (Å²) in [6, 6.07) is 11.0. The summed E-state index contributed by atoms with van der Waals surface area (Å²) in [5.41, 5.74) is 0.609. The zero-order valence-corrected chi connectivity index (χ0v) is 19.1. The Morgan fingerprint density at radius 1 is 0.971 bits per heavy atom. The number of hydrogen-bond acceptors (Lipinski definition) is 3. The lowest BCUT2D eigenvalue weighted by atomic mass is 10.00. The molecular weight excluding hydrogens is 516 g/mol. The first-order valence-electron chi connectivity index (χ1n) is 10.1. The first kappa shape index (κ1) is 22.1. The molecule has 0 aliphatic carbocycles. The van der Waals surface area contributed by atoms with Crippen LogP contribution in [0, 0.1) is 23.3 Å². The van der Waals surface area contributed by atoms with Crippen LogP contribution in [0.4, 0.5) is 17.6 Å². The highest BCUT2D eigenvalue weighted by atomic mass is 79.9. The topological polar surface area (TPSA) is 66.6 Å². The van der Waals surface area contributed by atoms with Gasteiger partial charge < -0.3 is 9.72 Å². The third-order valence-electron chi connectivity index (χ3n) is 5.46. The van der Waals surface area contributed by atoms with E-state index in [0.29, 0.717) is 15.9 Å². The number of rotatable bonds is 5. The molecule has 0 radical (unpaired) electrons. The molecule has 5 aromatic rings. The molecule has 2 N–H and O–H groups in total. The van der Waals surface area contributed by atoms with Crippen LogP contribution in [0.2, 0.25) is 0 Å². The fourth-order valence-corrected chi connectivity index (χ4v) is 4.04. The molecule has 0 spiro atoms. The Morgan fingerprint density at radius 3 is 2.62 bits per heavy atom. The summed E-state index contributed by atoms with van der Waals surface area (Å²) in [5.74, 6) is -3.72. The van der Waals surface area contributed by atoms with E-state index in [4.69, 9.17) is 4.74 Å². The molecule has 2 aromatic heterocycles. The van der Waals surface area contributed by atoms with Crippen LogP contribution in [0.5, 0.6) is 11.5 Å². The summed E-state index contributed by atoms with van der Waals surface area (Å²) < 4.78 is 64.0. The van der Waals surface area contributed by atoms with Gasteiger partial charge in [-0.15, -0.1) is 0 Å². The van der Waals surface area contributed by atoms with Gasteiger partial charge in [-0.05, 0) is 51.8 Å². The lowest BCUT2D eigenvalue weighted by Crippen LogP contribution is -2.02. The molecule has 0 bridgehead atoms. The number of aromatic amines is 2. The second kappa shape index (κ2) is 8.60. The van der Waals surface area contributed by atoms with Crippen molar-refractivity contribution in [2.45, 2.75) is 12.8 Å². The van der Waals surface area contributed by atoms with E-state index in [1.165, 1.54) is 24.4 Å². The van der Waals surface area contributed by atoms with Gasteiger partial charge in [-0.2, -0.15) is 5.10 Å². The molecule has 0 saturated carbocycles. The average molecular weight is 531 g/mol. The van der Waals surface area contributed by atoms with Gasteiger partial charge in [-0.1, -0.05) is 19.1 Å². The largest absolute Gasteiger partial charge is 0.451 e. The first-order valence-corrected chi connectivity index (χ1v) is 10.9. The third kappa shape index (κ3) is 3.83. The summed E-state index contributed by atoms with van der Waals surface area (Å²) in [5, 5.41) is 6.91. The molecular formula is C24H15BrF4N4O. The SMILES string of the molecule is CC(c1nc(-c2cc(Oc3c(F)cc4[nH]ccc4c3F)ccc2F)n[nH]1)c1cccc(Br)c1F. The van der Waals surface area contributed by atoms with E-state index in [1.54, 1.807) is 25.1 Å². The lowest BCUT2D eigenvalue weighted by molar-refractivity contribution is 0.410. The molecule has 0 saturated heterocycles. The van der Waals surface area contributed by atoms with E-state index in [2.05, 4.69) is 36.1 Å². The number of benzene rings is 3. The van der Waals surface area contributed by atoms with Gasteiger partial charge in [0, 0.05) is 23.6 Å². The Hall–Kier alpha value is -3.66. The number of nitrogens with one attached hydrogen (secondary N) is 2. The van der Waals surface area contributed by atoms with E-state index >= 15 is 0 Å². The molecule has 2 heterocycles. The minimum Gasteiger partial charge on any atom is -0.451 e. The van der Waals surface area contributed by atoms with E-state index in [0.717, 1.165) is 12.1 Å². The zero-order valence-electron chi connectivity index (χ0n) is 17.5. The van der Waals surface area contributed by atoms with Gasteiger partial charge in [0.25, 0.3) is 0 Å². The number of fused-ring (bicyclic) bond motifs is 1. The van der Waals surface area contributed by atoms with E-state index in [1.807, 2.05) is 0 Å².